The van der Waals surface area contributed by atoms with Crippen molar-refractivity contribution in [3.05, 3.63) is 22.6 Å². The monoisotopic (exact) mass is 274 g/mol. The number of likely N-dealkylation sites (N-methyl/N-ethyl adjacent to an activating group) is 1. The highest BCUT2D eigenvalue weighted by Gasteiger charge is 2.13. The first-order valence-electron chi connectivity index (χ1n) is 4.23. The molecule has 1 aromatic rings. The number of hydrogen-bond donors (Lipinski definition) is 1. The summed E-state index contributed by atoms with van der Waals surface area (Å²) in [6, 6.07) is 1.53. The number of nitrogens with one attached hydrogen (secondary N) is 1. The maximum atomic E-state index is 11.5. The number of amides is 2. The van der Waals surface area contributed by atoms with Crippen molar-refractivity contribution in [2.75, 3.05) is 20.6 Å². The molecule has 82 valence electrons. The Morgan fingerprint density at radius 3 is 2.67 bits per heavy atom. The van der Waals surface area contributed by atoms with Gasteiger partial charge in [-0.25, -0.2) is 0 Å². The predicted octanol–water partition coefficient (Wildman–Crippen LogP) is 0.860. The van der Waals surface area contributed by atoms with Crippen LogP contribution in [0.3, 0.4) is 0 Å². The second-order valence-electron chi connectivity index (χ2n) is 3.08. The van der Waals surface area contributed by atoms with Crippen molar-refractivity contribution < 1.29 is 14.0 Å². The van der Waals surface area contributed by atoms with Crippen LogP contribution in [0.5, 0.6) is 0 Å². The molecule has 5 nitrogen and oxygen atoms in total. The molecule has 1 heterocycles. The number of nitrogens with zero attached hydrogens (tertiary/aromatic N) is 1. The van der Waals surface area contributed by atoms with Crippen molar-refractivity contribution >= 4 is 27.7 Å². The third kappa shape index (κ3) is 3.09. The Kier molecular flexibility index (Phi) is 3.90. The normalized spacial score (nSPS) is 9.80. The van der Waals surface area contributed by atoms with Crippen molar-refractivity contribution in [2.45, 2.75) is 0 Å². The Morgan fingerprint density at radius 1 is 1.53 bits per heavy atom. The summed E-state index contributed by atoms with van der Waals surface area (Å²) in [4.78, 5) is 24.1. The molecule has 1 aromatic heterocycles. The molecule has 0 radical (unpaired) electrons. The number of halogens is 1. The summed E-state index contributed by atoms with van der Waals surface area (Å²) in [5.74, 6) is -0.506. The van der Waals surface area contributed by atoms with E-state index in [4.69, 9.17) is 4.42 Å². The highest BCUT2D eigenvalue weighted by atomic mass is 79.9. The third-order valence-electron chi connectivity index (χ3n) is 1.76. The van der Waals surface area contributed by atoms with Crippen molar-refractivity contribution in [2.24, 2.45) is 0 Å². The second kappa shape index (κ2) is 4.97. The van der Waals surface area contributed by atoms with Gasteiger partial charge in [0.25, 0.3) is 5.91 Å². The molecule has 0 bridgehead atoms. The van der Waals surface area contributed by atoms with Crippen LogP contribution in [-0.2, 0) is 4.79 Å². The minimum Gasteiger partial charge on any atom is -0.457 e. The van der Waals surface area contributed by atoms with Gasteiger partial charge in [0.15, 0.2) is 4.67 Å². The van der Waals surface area contributed by atoms with Gasteiger partial charge in [-0.1, -0.05) is 0 Å². The van der Waals surface area contributed by atoms with Crippen LogP contribution in [0.1, 0.15) is 10.4 Å². The Bertz CT molecular complexity index is 373. The summed E-state index contributed by atoms with van der Waals surface area (Å²) < 4.78 is 5.26. The first-order chi connectivity index (χ1) is 7.02. The summed E-state index contributed by atoms with van der Waals surface area (Å²) in [5, 5.41) is 2.49. The SMILES string of the molecule is CN(C)C(=O)CNC(=O)c1ccoc1Br. The number of carbonyl (C=O) groups is 2. The summed E-state index contributed by atoms with van der Waals surface area (Å²) in [7, 11) is 3.25. The van der Waals surface area contributed by atoms with Gasteiger partial charge >= 0.3 is 0 Å². The molecular formula is C9H11BrN2O3. The fourth-order valence-electron chi connectivity index (χ4n) is 0.865. The van der Waals surface area contributed by atoms with Gasteiger partial charge in [-0.05, 0) is 22.0 Å². The molecule has 6 heteroatoms. The predicted molar refractivity (Wildman–Crippen MR) is 57.4 cm³/mol. The lowest BCUT2D eigenvalue weighted by atomic mass is 10.3. The minimum atomic E-state index is -0.342. The quantitative estimate of drug-likeness (QED) is 0.890. The molecule has 0 aromatic carbocycles. The molecule has 15 heavy (non-hydrogen) atoms. The van der Waals surface area contributed by atoms with Gasteiger partial charge in [-0.15, -0.1) is 0 Å². The molecular weight excluding hydrogens is 264 g/mol. The van der Waals surface area contributed by atoms with Gasteiger partial charge in [0.2, 0.25) is 5.91 Å². The molecule has 0 fully saturated rings. The van der Waals surface area contributed by atoms with Crippen LogP contribution in [0.15, 0.2) is 21.4 Å². The lowest BCUT2D eigenvalue weighted by Gasteiger charge is -2.10. The molecule has 0 saturated heterocycles. The van der Waals surface area contributed by atoms with Gasteiger partial charge in [0, 0.05) is 14.1 Å². The van der Waals surface area contributed by atoms with E-state index in [1.54, 1.807) is 14.1 Å². The van der Waals surface area contributed by atoms with Crippen molar-refractivity contribution in [3.8, 4) is 0 Å². The summed E-state index contributed by atoms with van der Waals surface area (Å²) in [5.41, 5.74) is 0.376. The van der Waals surface area contributed by atoms with Crippen LogP contribution in [0.4, 0.5) is 0 Å². The lowest BCUT2D eigenvalue weighted by molar-refractivity contribution is -0.127. The van der Waals surface area contributed by atoms with E-state index in [9.17, 15) is 9.59 Å². The summed E-state index contributed by atoms with van der Waals surface area (Å²) in [6.45, 7) is -0.0244. The number of furan rings is 1. The molecule has 2 amide bonds. The van der Waals surface area contributed by atoms with Crippen LogP contribution in [0, 0.1) is 0 Å². The Hall–Kier alpha value is -1.30. The van der Waals surface area contributed by atoms with E-state index in [1.165, 1.54) is 17.2 Å². The average Bonchev–Trinajstić information content (AvgIpc) is 2.60. The van der Waals surface area contributed by atoms with E-state index in [0.717, 1.165) is 0 Å². The summed E-state index contributed by atoms with van der Waals surface area (Å²) in [6.07, 6.45) is 1.40. The van der Waals surface area contributed by atoms with Crippen LogP contribution < -0.4 is 5.32 Å². The van der Waals surface area contributed by atoms with Gasteiger partial charge in [0.05, 0.1) is 18.4 Å². The molecule has 0 unspecified atom stereocenters. The van der Waals surface area contributed by atoms with E-state index in [1.807, 2.05) is 0 Å². The largest absolute Gasteiger partial charge is 0.457 e. The molecule has 0 aliphatic rings. The fraction of sp³-hybridized carbons (Fsp3) is 0.333. The van der Waals surface area contributed by atoms with Crippen molar-refractivity contribution in [1.29, 1.82) is 0 Å². The van der Waals surface area contributed by atoms with E-state index < -0.39 is 0 Å². The molecule has 0 atom stereocenters. The maximum Gasteiger partial charge on any atom is 0.256 e. The maximum absolute atomic E-state index is 11.5. The third-order valence-corrected chi connectivity index (χ3v) is 2.38. The van der Waals surface area contributed by atoms with Crippen LogP contribution in [0.2, 0.25) is 0 Å². The van der Waals surface area contributed by atoms with E-state index in [-0.39, 0.29) is 18.4 Å². The number of hydrogen-bond acceptors (Lipinski definition) is 3. The molecule has 0 saturated carbocycles. The number of carbonyl (C=O) groups excluding carboxylic acids is 2. The van der Waals surface area contributed by atoms with E-state index in [2.05, 4.69) is 21.2 Å². The zero-order valence-electron chi connectivity index (χ0n) is 8.41. The van der Waals surface area contributed by atoms with Crippen LogP contribution in [0.25, 0.3) is 0 Å². The second-order valence-corrected chi connectivity index (χ2v) is 3.80. The number of rotatable bonds is 3. The smallest absolute Gasteiger partial charge is 0.256 e. The van der Waals surface area contributed by atoms with E-state index >= 15 is 0 Å². The van der Waals surface area contributed by atoms with Gasteiger partial charge in [0.1, 0.15) is 0 Å². The highest BCUT2D eigenvalue weighted by molar-refractivity contribution is 9.10. The first-order valence-corrected chi connectivity index (χ1v) is 5.03. The zero-order valence-corrected chi connectivity index (χ0v) is 10.00. The summed E-state index contributed by atoms with van der Waals surface area (Å²) >= 11 is 3.08. The average molecular weight is 275 g/mol. The molecule has 0 spiro atoms. The fourth-order valence-corrected chi connectivity index (χ4v) is 1.29. The Balaban J connectivity index is 2.51. The molecule has 1 rings (SSSR count). The van der Waals surface area contributed by atoms with E-state index in [0.29, 0.717) is 10.2 Å². The molecule has 0 aliphatic heterocycles. The van der Waals surface area contributed by atoms with Crippen LogP contribution in [-0.4, -0.2) is 37.4 Å². The molecule has 1 N–H and O–H groups in total. The first kappa shape index (κ1) is 11.8. The van der Waals surface area contributed by atoms with Gasteiger partial charge in [-0.2, -0.15) is 0 Å². The molecule has 0 aliphatic carbocycles. The van der Waals surface area contributed by atoms with Crippen molar-refractivity contribution in [1.82, 2.24) is 10.2 Å². The van der Waals surface area contributed by atoms with Gasteiger partial charge < -0.3 is 14.6 Å². The highest BCUT2D eigenvalue weighted by Crippen LogP contribution is 2.16. The lowest BCUT2D eigenvalue weighted by Crippen LogP contribution is -2.36. The standard InChI is InChI=1S/C9H11BrN2O3/c1-12(2)7(13)5-11-9(14)6-3-4-15-8(6)10/h3-4H,5H2,1-2H3,(H,11,14). The Labute approximate surface area is 95.6 Å². The van der Waals surface area contributed by atoms with Gasteiger partial charge in [-0.3, -0.25) is 9.59 Å². The Morgan fingerprint density at radius 2 is 2.20 bits per heavy atom. The van der Waals surface area contributed by atoms with Crippen molar-refractivity contribution in [3.63, 3.8) is 0 Å². The van der Waals surface area contributed by atoms with Crippen LogP contribution >= 0.6 is 15.9 Å². The zero-order chi connectivity index (χ0) is 11.4. The minimum absolute atomic E-state index is 0.0244. The topological polar surface area (TPSA) is 62.6 Å².